The highest BCUT2D eigenvalue weighted by Crippen LogP contribution is 2.18. The fraction of sp³-hybridized carbons (Fsp3) is 1.00. The lowest BCUT2D eigenvalue weighted by molar-refractivity contribution is 0.325. The molecule has 1 atom stereocenters. The van der Waals surface area contributed by atoms with Crippen molar-refractivity contribution in [2.45, 2.75) is 18.9 Å². The van der Waals surface area contributed by atoms with Crippen molar-refractivity contribution in [3.05, 3.63) is 0 Å². The van der Waals surface area contributed by atoms with Crippen molar-refractivity contribution in [2.24, 2.45) is 5.14 Å². The van der Waals surface area contributed by atoms with Crippen molar-refractivity contribution >= 4 is 32.6 Å². The Balaban J connectivity index is 2.52. The van der Waals surface area contributed by atoms with Gasteiger partial charge in [-0.3, -0.25) is 4.90 Å². The number of hydrogen-bond acceptors (Lipinski definition) is 3. The van der Waals surface area contributed by atoms with Gasteiger partial charge >= 0.3 is 0 Å². The maximum atomic E-state index is 10.8. The van der Waals surface area contributed by atoms with E-state index >= 15 is 0 Å². The van der Waals surface area contributed by atoms with Crippen LogP contribution in [0.15, 0.2) is 0 Å². The molecule has 72 valence electrons. The Morgan fingerprint density at radius 2 is 2.25 bits per heavy atom. The van der Waals surface area contributed by atoms with Gasteiger partial charge in [-0.05, 0) is 19.4 Å². The second-order valence-electron chi connectivity index (χ2n) is 3.06. The Morgan fingerprint density at radius 1 is 1.58 bits per heavy atom. The van der Waals surface area contributed by atoms with Gasteiger partial charge in [0.2, 0.25) is 10.0 Å². The van der Waals surface area contributed by atoms with E-state index in [-0.39, 0.29) is 11.8 Å². The molecule has 4 nitrogen and oxygen atoms in total. The molecule has 0 bridgehead atoms. The number of primary sulfonamides is 1. The minimum Gasteiger partial charge on any atom is -0.290 e. The van der Waals surface area contributed by atoms with Crippen LogP contribution in [0.1, 0.15) is 12.8 Å². The quantitative estimate of drug-likeness (QED) is 0.458. The largest absolute Gasteiger partial charge is 0.290 e. The molecule has 0 spiro atoms. The van der Waals surface area contributed by atoms with E-state index in [4.69, 9.17) is 5.14 Å². The van der Waals surface area contributed by atoms with E-state index in [1.165, 1.54) is 0 Å². The van der Waals surface area contributed by atoms with Crippen LogP contribution in [0.5, 0.6) is 0 Å². The molecule has 0 radical (unpaired) electrons. The van der Waals surface area contributed by atoms with Crippen molar-refractivity contribution in [1.29, 1.82) is 0 Å². The molecule has 1 heterocycles. The number of nitrogens with two attached hydrogens (primary N) is 1. The first-order valence-electron chi connectivity index (χ1n) is 3.83. The van der Waals surface area contributed by atoms with Gasteiger partial charge in [-0.1, -0.05) is 22.6 Å². The van der Waals surface area contributed by atoms with Gasteiger partial charge in [-0.25, -0.2) is 13.6 Å². The maximum Gasteiger partial charge on any atom is 0.210 e. The van der Waals surface area contributed by atoms with Crippen LogP contribution in [-0.2, 0) is 10.0 Å². The summed E-state index contributed by atoms with van der Waals surface area (Å²) in [6.45, 7) is 1.00. The Morgan fingerprint density at radius 3 is 2.75 bits per heavy atom. The van der Waals surface area contributed by atoms with E-state index in [9.17, 15) is 8.42 Å². The standard InChI is InChI=1S/C6H13IN2O2S/c7-5-9-3-1-2-6(9)4-12(8,10)11/h6H,1-5H2,(H2,8,10,11). The molecule has 0 saturated carbocycles. The highest BCUT2D eigenvalue weighted by atomic mass is 127. The van der Waals surface area contributed by atoms with Gasteiger partial charge in [0.25, 0.3) is 0 Å². The van der Waals surface area contributed by atoms with Crippen LogP contribution in [0, 0.1) is 0 Å². The molecule has 1 aliphatic rings. The fourth-order valence-electron chi connectivity index (χ4n) is 1.51. The molecule has 2 N–H and O–H groups in total. The lowest BCUT2D eigenvalue weighted by Gasteiger charge is -2.20. The van der Waals surface area contributed by atoms with Crippen LogP contribution < -0.4 is 5.14 Å². The van der Waals surface area contributed by atoms with Crippen LogP contribution >= 0.6 is 22.6 Å². The summed E-state index contributed by atoms with van der Waals surface area (Å²) in [6.07, 6.45) is 2.04. The number of rotatable bonds is 3. The van der Waals surface area contributed by atoms with Gasteiger partial charge < -0.3 is 0 Å². The minimum atomic E-state index is -3.30. The summed E-state index contributed by atoms with van der Waals surface area (Å²) in [5.41, 5.74) is 0. The first-order chi connectivity index (χ1) is 5.53. The van der Waals surface area contributed by atoms with Crippen LogP contribution in [0.25, 0.3) is 0 Å². The summed E-state index contributed by atoms with van der Waals surface area (Å²) in [6, 6.07) is 0.150. The van der Waals surface area contributed by atoms with Crippen molar-refractivity contribution in [1.82, 2.24) is 4.90 Å². The predicted molar refractivity (Wildman–Crippen MR) is 56.6 cm³/mol. The molecule has 1 aliphatic heterocycles. The first-order valence-corrected chi connectivity index (χ1v) is 7.07. The van der Waals surface area contributed by atoms with Crippen LogP contribution in [0.4, 0.5) is 0 Å². The molecule has 0 aliphatic carbocycles. The topological polar surface area (TPSA) is 63.4 Å². The average Bonchev–Trinajstić information content (AvgIpc) is 2.31. The van der Waals surface area contributed by atoms with Gasteiger partial charge in [0.1, 0.15) is 0 Å². The van der Waals surface area contributed by atoms with Crippen LogP contribution in [-0.4, -0.2) is 36.2 Å². The molecule has 12 heavy (non-hydrogen) atoms. The molecule has 6 heteroatoms. The minimum absolute atomic E-state index is 0.107. The number of nitrogens with zero attached hydrogens (tertiary/aromatic N) is 1. The second-order valence-corrected chi connectivity index (χ2v) is 5.40. The third-order valence-corrected chi connectivity index (χ3v) is 3.80. The molecule has 1 fully saturated rings. The molecule has 0 aromatic carbocycles. The van der Waals surface area contributed by atoms with E-state index in [1.54, 1.807) is 0 Å². The van der Waals surface area contributed by atoms with Crippen molar-refractivity contribution in [2.75, 3.05) is 16.8 Å². The zero-order chi connectivity index (χ0) is 9.19. The molecule has 0 amide bonds. The molecular weight excluding hydrogens is 291 g/mol. The molecular formula is C6H13IN2O2S. The zero-order valence-corrected chi connectivity index (χ0v) is 9.71. The van der Waals surface area contributed by atoms with E-state index in [0.717, 1.165) is 23.9 Å². The lowest BCUT2D eigenvalue weighted by atomic mass is 10.2. The summed E-state index contributed by atoms with van der Waals surface area (Å²) in [4.78, 5) is 2.16. The van der Waals surface area contributed by atoms with Gasteiger partial charge in [-0.15, -0.1) is 0 Å². The van der Waals surface area contributed by atoms with Gasteiger partial charge in [-0.2, -0.15) is 0 Å². The predicted octanol–water partition coefficient (Wildman–Crippen LogP) is 0.132. The van der Waals surface area contributed by atoms with Crippen LogP contribution in [0.3, 0.4) is 0 Å². The monoisotopic (exact) mass is 304 g/mol. The summed E-state index contributed by atoms with van der Waals surface area (Å²) in [5.74, 6) is 0.107. The molecule has 0 aromatic heterocycles. The van der Waals surface area contributed by atoms with Gasteiger partial charge in [0.05, 0.1) is 10.3 Å². The van der Waals surface area contributed by atoms with Gasteiger partial charge in [0, 0.05) is 6.04 Å². The highest BCUT2D eigenvalue weighted by molar-refractivity contribution is 14.1. The summed E-state index contributed by atoms with van der Waals surface area (Å²) in [7, 11) is -3.30. The Hall–Kier alpha value is 0.600. The number of likely N-dealkylation sites (tertiary alicyclic amines) is 1. The summed E-state index contributed by atoms with van der Waals surface area (Å²) >= 11 is 2.25. The Labute approximate surface area is 86.7 Å². The smallest absolute Gasteiger partial charge is 0.210 e. The van der Waals surface area contributed by atoms with Crippen molar-refractivity contribution in [3.8, 4) is 0 Å². The summed E-state index contributed by atoms with van der Waals surface area (Å²) in [5, 5.41) is 4.98. The number of hydrogen-bond donors (Lipinski definition) is 1. The maximum absolute atomic E-state index is 10.8. The lowest BCUT2D eigenvalue weighted by Crippen LogP contribution is -2.36. The normalized spacial score (nSPS) is 26.3. The third-order valence-electron chi connectivity index (χ3n) is 2.08. The number of sulfonamides is 1. The van der Waals surface area contributed by atoms with E-state index in [0.29, 0.717) is 0 Å². The zero-order valence-electron chi connectivity index (χ0n) is 6.74. The molecule has 1 unspecified atom stereocenters. The first kappa shape index (κ1) is 10.7. The summed E-state index contributed by atoms with van der Waals surface area (Å²) < 4.78 is 22.5. The Bertz CT molecular complexity index is 242. The van der Waals surface area contributed by atoms with Crippen molar-refractivity contribution in [3.63, 3.8) is 0 Å². The van der Waals surface area contributed by atoms with Crippen molar-refractivity contribution < 1.29 is 8.42 Å². The SMILES string of the molecule is NS(=O)(=O)CC1CCCN1CI. The van der Waals surface area contributed by atoms with Gasteiger partial charge in [0.15, 0.2) is 0 Å². The third kappa shape index (κ3) is 3.15. The molecule has 1 rings (SSSR count). The average molecular weight is 304 g/mol. The second kappa shape index (κ2) is 4.21. The van der Waals surface area contributed by atoms with E-state index in [1.807, 2.05) is 0 Å². The highest BCUT2D eigenvalue weighted by Gasteiger charge is 2.26. The number of alkyl halides is 1. The van der Waals surface area contributed by atoms with E-state index < -0.39 is 10.0 Å². The molecule has 0 aromatic rings. The van der Waals surface area contributed by atoms with E-state index in [2.05, 4.69) is 27.5 Å². The number of halogens is 1. The van der Waals surface area contributed by atoms with Crippen LogP contribution in [0.2, 0.25) is 0 Å². The Kier molecular flexibility index (Phi) is 3.74. The molecule has 1 saturated heterocycles. The fourth-order valence-corrected chi connectivity index (χ4v) is 3.32.